The summed E-state index contributed by atoms with van der Waals surface area (Å²) in [5.74, 6) is 2.09. The zero-order valence-electron chi connectivity index (χ0n) is 15.7. The van der Waals surface area contributed by atoms with Crippen LogP contribution < -0.4 is 5.32 Å². The summed E-state index contributed by atoms with van der Waals surface area (Å²) >= 11 is 0. The van der Waals surface area contributed by atoms with E-state index in [0.29, 0.717) is 29.1 Å². The molecule has 0 saturated heterocycles. The molecular formula is C20H29N3O2. The topological polar surface area (TPSA) is 75.1 Å². The number of carbonyl (C=O) groups excluding carboxylic acids is 1. The summed E-state index contributed by atoms with van der Waals surface area (Å²) in [4.78, 5) is 21.8. The van der Waals surface area contributed by atoms with Crippen LogP contribution in [0.1, 0.15) is 74.8 Å². The summed E-state index contributed by atoms with van der Waals surface area (Å²) in [6, 6.07) is 0.179. The molecule has 2 unspecified atom stereocenters. The van der Waals surface area contributed by atoms with Crippen molar-refractivity contribution in [3.8, 4) is 0 Å². The molecule has 1 amide bonds. The molecular weight excluding hydrogens is 314 g/mol. The highest BCUT2D eigenvalue weighted by atomic mass is 16.3. The lowest BCUT2D eigenvalue weighted by Gasteiger charge is -2.58. The van der Waals surface area contributed by atoms with E-state index in [1.165, 1.54) is 0 Å². The average Bonchev–Trinajstić information content (AvgIpc) is 2.48. The summed E-state index contributed by atoms with van der Waals surface area (Å²) in [7, 11) is 0. The third-order valence-corrected chi connectivity index (χ3v) is 6.40. The quantitative estimate of drug-likeness (QED) is 0.866. The van der Waals surface area contributed by atoms with Crippen molar-refractivity contribution in [2.75, 3.05) is 0 Å². The maximum absolute atomic E-state index is 13.0. The fraction of sp³-hybridized carbons (Fsp3) is 0.750. The third kappa shape index (κ3) is 2.97. The van der Waals surface area contributed by atoms with E-state index in [-0.39, 0.29) is 17.4 Å². The Kier molecular flexibility index (Phi) is 3.73. The second-order valence-electron chi connectivity index (χ2n) is 9.62. The number of hydrogen-bond donors (Lipinski definition) is 2. The summed E-state index contributed by atoms with van der Waals surface area (Å²) in [5.41, 5.74) is 0.714. The highest BCUT2D eigenvalue weighted by Crippen LogP contribution is 2.55. The molecule has 0 aliphatic heterocycles. The van der Waals surface area contributed by atoms with E-state index in [4.69, 9.17) is 0 Å². The largest absolute Gasteiger partial charge is 0.390 e. The first-order valence-corrected chi connectivity index (χ1v) is 9.52. The third-order valence-electron chi connectivity index (χ3n) is 6.40. The summed E-state index contributed by atoms with van der Waals surface area (Å²) in [6.45, 7) is 8.08. The molecule has 25 heavy (non-hydrogen) atoms. The molecule has 4 aliphatic carbocycles. The lowest BCUT2D eigenvalue weighted by molar-refractivity contribution is -0.136. The Balaban J connectivity index is 1.58. The molecule has 1 heterocycles. The van der Waals surface area contributed by atoms with Crippen molar-refractivity contribution in [2.45, 2.75) is 76.9 Å². The number of aryl methyl sites for hydroxylation is 1. The molecule has 136 valence electrons. The van der Waals surface area contributed by atoms with Crippen molar-refractivity contribution in [3.05, 3.63) is 23.3 Å². The standard InChI is InChI=1S/C20H29N3O2/c1-11-21-10-15(17(22-11)19(2,3)4)18(24)23-16-13-5-12-6-14(16)9-20(25,7-12)8-13/h10,12-14,16,25H,5-9H2,1-4H3,(H,23,24). The Morgan fingerprint density at radius 3 is 2.44 bits per heavy atom. The molecule has 1 aromatic heterocycles. The van der Waals surface area contributed by atoms with Gasteiger partial charge >= 0.3 is 0 Å². The van der Waals surface area contributed by atoms with E-state index in [1.807, 2.05) is 6.92 Å². The van der Waals surface area contributed by atoms with Crippen LogP contribution in [0.25, 0.3) is 0 Å². The number of carbonyl (C=O) groups is 1. The number of amides is 1. The van der Waals surface area contributed by atoms with E-state index in [0.717, 1.165) is 37.8 Å². The molecule has 4 fully saturated rings. The summed E-state index contributed by atoms with van der Waals surface area (Å²) in [5, 5.41) is 14.0. The zero-order valence-corrected chi connectivity index (χ0v) is 15.7. The van der Waals surface area contributed by atoms with E-state index in [2.05, 4.69) is 36.1 Å². The Hall–Kier alpha value is -1.49. The van der Waals surface area contributed by atoms with E-state index in [9.17, 15) is 9.90 Å². The van der Waals surface area contributed by atoms with Gasteiger partial charge in [0.25, 0.3) is 5.91 Å². The molecule has 2 N–H and O–H groups in total. The van der Waals surface area contributed by atoms with Crippen LogP contribution in [0.3, 0.4) is 0 Å². The van der Waals surface area contributed by atoms with Crippen molar-refractivity contribution >= 4 is 5.91 Å². The van der Waals surface area contributed by atoms with Gasteiger partial charge in [-0.2, -0.15) is 0 Å². The lowest BCUT2D eigenvalue weighted by atomic mass is 9.52. The molecule has 5 rings (SSSR count). The van der Waals surface area contributed by atoms with Gasteiger partial charge in [0.2, 0.25) is 0 Å². The van der Waals surface area contributed by atoms with Gasteiger partial charge in [0.05, 0.1) is 16.9 Å². The second-order valence-corrected chi connectivity index (χ2v) is 9.62. The number of hydrogen-bond acceptors (Lipinski definition) is 4. The van der Waals surface area contributed by atoms with Gasteiger partial charge in [0.15, 0.2) is 0 Å². The van der Waals surface area contributed by atoms with E-state index in [1.54, 1.807) is 6.20 Å². The van der Waals surface area contributed by atoms with Crippen LogP contribution in [0, 0.1) is 24.7 Å². The Morgan fingerprint density at radius 2 is 1.88 bits per heavy atom. The number of aliphatic hydroxyl groups is 1. The zero-order chi connectivity index (χ0) is 18.0. The fourth-order valence-corrected chi connectivity index (χ4v) is 5.65. The van der Waals surface area contributed by atoms with Gasteiger partial charge in [0, 0.05) is 17.7 Å². The van der Waals surface area contributed by atoms with Crippen molar-refractivity contribution in [1.29, 1.82) is 0 Å². The van der Waals surface area contributed by atoms with Crippen molar-refractivity contribution in [3.63, 3.8) is 0 Å². The Bertz CT molecular complexity index is 693. The van der Waals surface area contributed by atoms with Crippen LogP contribution in [0.15, 0.2) is 6.20 Å². The van der Waals surface area contributed by atoms with Gasteiger partial charge in [-0.1, -0.05) is 20.8 Å². The van der Waals surface area contributed by atoms with Crippen LogP contribution in [0.2, 0.25) is 0 Å². The SMILES string of the molecule is Cc1ncc(C(=O)NC2C3CC4CC2CC(O)(C4)C3)c(C(C)(C)C)n1. The van der Waals surface area contributed by atoms with Crippen molar-refractivity contribution in [1.82, 2.24) is 15.3 Å². The van der Waals surface area contributed by atoms with Crippen LogP contribution in [0.4, 0.5) is 0 Å². The first-order valence-electron chi connectivity index (χ1n) is 9.52. The maximum atomic E-state index is 13.0. The molecule has 4 aliphatic rings. The van der Waals surface area contributed by atoms with Crippen LogP contribution in [-0.2, 0) is 5.41 Å². The van der Waals surface area contributed by atoms with Crippen molar-refractivity contribution in [2.24, 2.45) is 17.8 Å². The number of nitrogens with zero attached hydrogens (tertiary/aromatic N) is 2. The molecule has 2 atom stereocenters. The van der Waals surface area contributed by atoms with Gasteiger partial charge in [-0.25, -0.2) is 9.97 Å². The molecule has 0 aromatic carbocycles. The minimum Gasteiger partial charge on any atom is -0.390 e. The summed E-state index contributed by atoms with van der Waals surface area (Å²) in [6.07, 6.45) is 6.58. The van der Waals surface area contributed by atoms with Crippen molar-refractivity contribution < 1.29 is 9.90 Å². The van der Waals surface area contributed by atoms with Gasteiger partial charge in [-0.15, -0.1) is 0 Å². The smallest absolute Gasteiger partial charge is 0.254 e. The molecule has 1 aromatic rings. The predicted molar refractivity (Wildman–Crippen MR) is 95.2 cm³/mol. The average molecular weight is 343 g/mol. The molecule has 5 nitrogen and oxygen atoms in total. The fourth-order valence-electron chi connectivity index (χ4n) is 5.65. The van der Waals surface area contributed by atoms with E-state index < -0.39 is 5.60 Å². The highest BCUT2D eigenvalue weighted by molar-refractivity contribution is 5.95. The normalized spacial score (nSPS) is 36.5. The first-order chi connectivity index (χ1) is 11.6. The highest BCUT2D eigenvalue weighted by Gasteiger charge is 2.55. The Labute approximate surface area is 149 Å². The van der Waals surface area contributed by atoms with Gasteiger partial charge in [-0.05, 0) is 56.8 Å². The molecule has 0 spiro atoms. The number of rotatable bonds is 2. The van der Waals surface area contributed by atoms with Crippen LogP contribution >= 0.6 is 0 Å². The molecule has 4 saturated carbocycles. The maximum Gasteiger partial charge on any atom is 0.254 e. The van der Waals surface area contributed by atoms with E-state index >= 15 is 0 Å². The number of nitrogens with one attached hydrogen (secondary N) is 1. The predicted octanol–water partition coefficient (Wildman–Crippen LogP) is 2.75. The minimum atomic E-state index is -0.471. The molecule has 4 bridgehead atoms. The van der Waals surface area contributed by atoms with Gasteiger partial charge < -0.3 is 10.4 Å². The Morgan fingerprint density at radius 1 is 1.24 bits per heavy atom. The monoisotopic (exact) mass is 343 g/mol. The first kappa shape index (κ1) is 17.0. The van der Waals surface area contributed by atoms with Crippen LogP contribution in [0.5, 0.6) is 0 Å². The van der Waals surface area contributed by atoms with Gasteiger partial charge in [0.1, 0.15) is 5.82 Å². The van der Waals surface area contributed by atoms with Gasteiger partial charge in [-0.3, -0.25) is 4.79 Å². The number of aromatic nitrogens is 2. The van der Waals surface area contributed by atoms with Crippen LogP contribution in [-0.4, -0.2) is 32.6 Å². The molecule has 5 heteroatoms. The lowest BCUT2D eigenvalue weighted by Crippen LogP contribution is -2.61. The molecule has 0 radical (unpaired) electrons. The minimum absolute atomic E-state index is 0.0608. The summed E-state index contributed by atoms with van der Waals surface area (Å²) < 4.78 is 0. The second kappa shape index (κ2) is 5.50.